The molecule has 0 saturated heterocycles. The lowest BCUT2D eigenvalue weighted by Gasteiger charge is -2.13. The molecule has 0 spiro atoms. The molecule has 34 heavy (non-hydrogen) atoms. The van der Waals surface area contributed by atoms with Gasteiger partial charge in [0.15, 0.2) is 5.12 Å². The molecule has 3 N–H and O–H groups in total. The smallest absolute Gasteiger partial charge is 0.240 e. The van der Waals surface area contributed by atoms with Gasteiger partial charge in [-0.2, -0.15) is 0 Å². The zero-order valence-corrected chi connectivity index (χ0v) is 20.6. The number of carbonyl (C=O) groups excluding carboxylic acids is 3. The van der Waals surface area contributed by atoms with Gasteiger partial charge >= 0.3 is 0 Å². The summed E-state index contributed by atoms with van der Waals surface area (Å²) < 4.78 is 25.7. The molecule has 0 aliphatic heterocycles. The van der Waals surface area contributed by atoms with E-state index in [0.717, 1.165) is 38.9 Å². The second kappa shape index (κ2) is 10.9. The second-order valence-corrected chi connectivity index (χ2v) is 10.3. The van der Waals surface area contributed by atoms with Crippen LogP contribution in [0.15, 0.2) is 52.9 Å². The van der Waals surface area contributed by atoms with Crippen molar-refractivity contribution in [3.63, 3.8) is 0 Å². The molecule has 2 aromatic rings. The number of rotatable bonds is 8. The Morgan fingerprint density at radius 1 is 1.15 bits per heavy atom. The zero-order valence-electron chi connectivity index (χ0n) is 19.0. The number of hydrogen-bond acceptors (Lipinski definition) is 5. The van der Waals surface area contributed by atoms with Gasteiger partial charge in [-0.15, -0.1) is 0 Å². The molecule has 0 radical (unpaired) electrons. The van der Waals surface area contributed by atoms with Crippen LogP contribution in [0.2, 0.25) is 0 Å². The van der Waals surface area contributed by atoms with Crippen molar-refractivity contribution in [2.24, 2.45) is 5.73 Å². The number of carbonyl (C=O) groups is 3. The molecule has 2 amide bonds. The summed E-state index contributed by atoms with van der Waals surface area (Å²) in [6.07, 6.45) is 3.60. The van der Waals surface area contributed by atoms with Gasteiger partial charge in [0, 0.05) is 41.0 Å². The molecule has 1 aliphatic carbocycles. The molecule has 3 rings (SSSR count). The first kappa shape index (κ1) is 25.6. The Morgan fingerprint density at radius 3 is 2.41 bits per heavy atom. The van der Waals surface area contributed by atoms with Crippen LogP contribution in [0.5, 0.6) is 0 Å². The van der Waals surface area contributed by atoms with Crippen LogP contribution < -0.4 is 11.1 Å². The molecular weight excluding hydrogens is 475 g/mol. The Kier molecular flexibility index (Phi) is 8.22. The number of nitrogens with one attached hydrogen (secondary N) is 1. The third kappa shape index (κ3) is 6.09. The van der Waals surface area contributed by atoms with Crippen molar-refractivity contribution < 1.29 is 23.0 Å². The summed E-state index contributed by atoms with van der Waals surface area (Å²) >= 11 is 0.901. The van der Waals surface area contributed by atoms with Crippen LogP contribution >= 0.6 is 11.8 Å². The highest BCUT2D eigenvalue weighted by Crippen LogP contribution is 2.44. The maximum atomic E-state index is 14.1. The van der Waals surface area contributed by atoms with E-state index in [9.17, 15) is 23.0 Å². The number of primary amides is 1. The van der Waals surface area contributed by atoms with Crippen molar-refractivity contribution in [1.29, 1.82) is 0 Å². The summed E-state index contributed by atoms with van der Waals surface area (Å²) in [6, 6.07) is 10.9. The van der Waals surface area contributed by atoms with E-state index < -0.39 is 34.5 Å². The molecule has 0 aromatic heterocycles. The maximum absolute atomic E-state index is 14.1. The van der Waals surface area contributed by atoms with Crippen LogP contribution in [0.1, 0.15) is 37.0 Å². The van der Waals surface area contributed by atoms with Gasteiger partial charge in [-0.05, 0) is 70.7 Å². The Hall–Kier alpha value is -3.04. The molecule has 0 saturated carbocycles. The zero-order chi connectivity index (χ0) is 25.0. The number of amides is 2. The van der Waals surface area contributed by atoms with Crippen LogP contribution in [0.3, 0.4) is 0 Å². The first-order valence-electron chi connectivity index (χ1n) is 10.4. The first-order chi connectivity index (χ1) is 16.1. The fourth-order valence-corrected chi connectivity index (χ4v) is 5.08. The van der Waals surface area contributed by atoms with Crippen LogP contribution in [0.4, 0.5) is 4.39 Å². The van der Waals surface area contributed by atoms with Gasteiger partial charge in [0.2, 0.25) is 11.8 Å². The summed E-state index contributed by atoms with van der Waals surface area (Å²) in [5.41, 5.74) is 10.1. The number of halogens is 1. The van der Waals surface area contributed by atoms with Crippen molar-refractivity contribution in [2.45, 2.75) is 31.2 Å². The van der Waals surface area contributed by atoms with E-state index in [2.05, 4.69) is 5.32 Å². The van der Waals surface area contributed by atoms with E-state index in [1.54, 1.807) is 24.5 Å². The molecule has 2 aromatic carbocycles. The predicted molar refractivity (Wildman–Crippen MR) is 135 cm³/mol. The van der Waals surface area contributed by atoms with Gasteiger partial charge in [-0.25, -0.2) is 4.39 Å². The number of allylic oxidation sites excluding steroid dienone is 3. The minimum atomic E-state index is -1.08. The van der Waals surface area contributed by atoms with E-state index in [1.807, 2.05) is 25.1 Å². The quantitative estimate of drug-likeness (QED) is 0.577. The highest BCUT2D eigenvalue weighted by molar-refractivity contribution is 8.13. The minimum absolute atomic E-state index is 0.0178. The van der Waals surface area contributed by atoms with Crippen molar-refractivity contribution in [1.82, 2.24) is 5.32 Å². The van der Waals surface area contributed by atoms with Gasteiger partial charge in [0.1, 0.15) is 11.9 Å². The molecule has 9 heteroatoms. The molecule has 0 bridgehead atoms. The van der Waals surface area contributed by atoms with Gasteiger partial charge in [-0.3, -0.25) is 18.6 Å². The molecule has 0 heterocycles. The van der Waals surface area contributed by atoms with Gasteiger partial charge < -0.3 is 11.1 Å². The summed E-state index contributed by atoms with van der Waals surface area (Å²) in [6.45, 7) is 3.15. The minimum Gasteiger partial charge on any atom is -0.368 e. The topological polar surface area (TPSA) is 106 Å². The van der Waals surface area contributed by atoms with E-state index in [4.69, 9.17) is 5.73 Å². The van der Waals surface area contributed by atoms with Crippen LogP contribution in [-0.4, -0.2) is 39.2 Å². The molecule has 6 nitrogen and oxygen atoms in total. The van der Waals surface area contributed by atoms with Gasteiger partial charge in [0.05, 0.1) is 0 Å². The summed E-state index contributed by atoms with van der Waals surface area (Å²) in [5.74, 6) is -1.52. The average Bonchev–Trinajstić information content (AvgIpc) is 3.01. The van der Waals surface area contributed by atoms with E-state index >= 15 is 0 Å². The normalized spacial score (nSPS) is 15.7. The lowest BCUT2D eigenvalue weighted by Crippen LogP contribution is -2.45. The van der Waals surface area contributed by atoms with E-state index in [0.29, 0.717) is 11.1 Å². The summed E-state index contributed by atoms with van der Waals surface area (Å²) in [4.78, 5) is 36.2. The summed E-state index contributed by atoms with van der Waals surface area (Å²) in [5, 5.41) is 2.20. The number of thioether (sulfide) groups is 1. The second-order valence-electron chi connectivity index (χ2n) is 7.89. The van der Waals surface area contributed by atoms with Crippen LogP contribution in [0, 0.1) is 5.82 Å². The third-order valence-electron chi connectivity index (χ3n) is 5.43. The van der Waals surface area contributed by atoms with Crippen molar-refractivity contribution in [2.75, 3.05) is 12.0 Å². The highest BCUT2D eigenvalue weighted by atomic mass is 32.2. The van der Waals surface area contributed by atoms with Crippen molar-refractivity contribution >= 4 is 56.7 Å². The Bertz CT molecular complexity index is 1240. The SMILES string of the molecule is CC(=O)N[C@H](CSC(=O)CC1=C(C)C(=Cc2ccc(S(C)=O)cc2)c2ccc(F)cc21)C(N)=O. The monoisotopic (exact) mass is 500 g/mol. The Morgan fingerprint density at radius 2 is 1.82 bits per heavy atom. The molecule has 1 aliphatic rings. The molecule has 1 unspecified atom stereocenters. The largest absolute Gasteiger partial charge is 0.368 e. The average molecular weight is 501 g/mol. The molecule has 2 atom stereocenters. The predicted octanol–water partition coefficient (Wildman–Crippen LogP) is 3.53. The lowest BCUT2D eigenvalue weighted by molar-refractivity contribution is -0.125. The van der Waals surface area contributed by atoms with Gasteiger partial charge in [0.25, 0.3) is 0 Å². The van der Waals surface area contributed by atoms with Crippen LogP contribution in [-0.2, 0) is 25.2 Å². The lowest BCUT2D eigenvalue weighted by atomic mass is 10.0. The number of benzene rings is 2. The van der Waals surface area contributed by atoms with Crippen LogP contribution in [0.25, 0.3) is 17.2 Å². The van der Waals surface area contributed by atoms with Gasteiger partial charge in [-0.1, -0.05) is 30.0 Å². The fourth-order valence-electron chi connectivity index (χ4n) is 3.72. The third-order valence-corrected chi connectivity index (χ3v) is 7.33. The Balaban J connectivity index is 1.87. The first-order valence-corrected chi connectivity index (χ1v) is 13.0. The molecular formula is C25H25FN2O4S2. The molecule has 178 valence electrons. The summed E-state index contributed by atoms with van der Waals surface area (Å²) in [7, 11) is -1.08. The van der Waals surface area contributed by atoms with E-state index in [1.165, 1.54) is 19.1 Å². The Labute approximate surface area is 204 Å². The highest BCUT2D eigenvalue weighted by Gasteiger charge is 2.27. The number of fused-ring (bicyclic) bond motifs is 1. The number of hydrogen-bond donors (Lipinski definition) is 2. The standard InChI is InChI=1S/C25H25FN2O4S2/c1-14-20(10-16-4-7-18(8-5-16)34(3)32)19-9-6-17(26)11-22(19)21(14)12-24(30)33-13-23(25(27)31)28-15(2)29/h4-11,23H,12-13H2,1-3H3,(H2,27,31)(H,28,29)/t23-,34?/m1/s1. The maximum Gasteiger partial charge on any atom is 0.240 e. The van der Waals surface area contributed by atoms with E-state index in [-0.39, 0.29) is 17.3 Å². The van der Waals surface area contributed by atoms with Crippen molar-refractivity contribution in [3.8, 4) is 0 Å². The van der Waals surface area contributed by atoms with Crippen molar-refractivity contribution in [3.05, 3.63) is 70.5 Å². The fraction of sp³-hybridized carbons (Fsp3) is 0.240. The molecule has 0 fully saturated rings. The number of nitrogens with two attached hydrogens (primary N) is 1.